The molecule has 0 fully saturated rings. The maximum Gasteiger partial charge on any atom is 0.164 e. The maximum absolute atomic E-state index is 6.26. The SMILES string of the molecule is c1ccc(-c2nc(-c3ccc4c(-c5cccc6c5sc5c7cccc8c7c(cc65)-c5ccccc5-8)cccc4c3)nc(-c3cccc4oc5ccccc5c34)n2)cc1. The van der Waals surface area contributed by atoms with Gasteiger partial charge in [0.2, 0.25) is 0 Å². The quantitative estimate of drug-likeness (QED) is 0.179. The number of para-hydroxylation sites is 1. The molecule has 12 aromatic rings. The Hall–Kier alpha value is -7.47. The Balaban J connectivity index is 0.982. The number of rotatable bonds is 4. The molecule has 1 aliphatic rings. The van der Waals surface area contributed by atoms with Gasteiger partial charge in [0, 0.05) is 58.6 Å². The van der Waals surface area contributed by atoms with Crippen LogP contribution in [0.25, 0.3) is 131 Å². The molecule has 58 heavy (non-hydrogen) atoms. The van der Waals surface area contributed by atoms with Gasteiger partial charge in [-0.3, -0.25) is 0 Å². The summed E-state index contributed by atoms with van der Waals surface area (Å²) in [6, 6.07) is 62.4. The molecule has 0 spiro atoms. The molecule has 4 nitrogen and oxygen atoms in total. The third-order valence-electron chi connectivity index (χ3n) is 11.9. The van der Waals surface area contributed by atoms with Gasteiger partial charge in [0.05, 0.1) is 0 Å². The Kier molecular flexibility index (Phi) is 6.57. The van der Waals surface area contributed by atoms with Crippen LogP contribution in [0.4, 0.5) is 0 Å². The van der Waals surface area contributed by atoms with E-state index in [-0.39, 0.29) is 0 Å². The molecule has 0 atom stereocenters. The third kappa shape index (κ3) is 4.53. The molecule has 3 heterocycles. The average Bonchev–Trinajstić information content (AvgIpc) is 3.97. The highest BCUT2D eigenvalue weighted by Gasteiger charge is 2.25. The van der Waals surface area contributed by atoms with E-state index in [4.69, 9.17) is 19.4 Å². The van der Waals surface area contributed by atoms with Crippen molar-refractivity contribution in [3.63, 3.8) is 0 Å². The molecule has 0 saturated heterocycles. The molecule has 3 aromatic heterocycles. The molecule has 0 saturated carbocycles. The Bertz CT molecular complexity index is 3690. The Morgan fingerprint density at radius 2 is 0.966 bits per heavy atom. The highest BCUT2D eigenvalue weighted by molar-refractivity contribution is 7.27. The molecule has 0 unspecified atom stereocenters. The van der Waals surface area contributed by atoms with Crippen LogP contribution in [0.3, 0.4) is 0 Å². The lowest BCUT2D eigenvalue weighted by Crippen LogP contribution is -2.00. The fourth-order valence-electron chi connectivity index (χ4n) is 9.29. The minimum atomic E-state index is 0.609. The summed E-state index contributed by atoms with van der Waals surface area (Å²) in [5, 5.41) is 9.67. The van der Waals surface area contributed by atoms with Crippen LogP contribution in [0.5, 0.6) is 0 Å². The van der Waals surface area contributed by atoms with Gasteiger partial charge in [-0.1, -0.05) is 152 Å². The zero-order valence-corrected chi connectivity index (χ0v) is 31.7. The van der Waals surface area contributed by atoms with Gasteiger partial charge in [-0.2, -0.15) is 0 Å². The van der Waals surface area contributed by atoms with Crippen LogP contribution in [0.1, 0.15) is 0 Å². The number of hydrogen-bond donors (Lipinski definition) is 0. The average molecular weight is 756 g/mol. The lowest BCUT2D eigenvalue weighted by Gasteiger charge is -2.12. The minimum absolute atomic E-state index is 0.609. The first-order valence-corrected chi connectivity index (χ1v) is 20.3. The van der Waals surface area contributed by atoms with Crippen LogP contribution in [0.15, 0.2) is 180 Å². The number of thiophene rings is 1. The number of aromatic nitrogens is 3. The molecule has 0 amide bonds. The van der Waals surface area contributed by atoms with Crippen molar-refractivity contribution in [2.24, 2.45) is 0 Å². The predicted octanol–water partition coefficient (Wildman–Crippen LogP) is 14.8. The van der Waals surface area contributed by atoms with Crippen LogP contribution in [0, 0.1) is 0 Å². The van der Waals surface area contributed by atoms with E-state index >= 15 is 0 Å². The largest absolute Gasteiger partial charge is 0.456 e. The normalized spacial score (nSPS) is 12.1. The zero-order chi connectivity index (χ0) is 37.9. The first-order valence-electron chi connectivity index (χ1n) is 19.5. The van der Waals surface area contributed by atoms with E-state index < -0.39 is 0 Å². The lowest BCUT2D eigenvalue weighted by molar-refractivity contribution is 0.669. The van der Waals surface area contributed by atoms with E-state index in [0.29, 0.717) is 17.5 Å². The van der Waals surface area contributed by atoms with Gasteiger partial charge in [-0.25, -0.2) is 15.0 Å². The van der Waals surface area contributed by atoms with Crippen molar-refractivity contribution in [3.05, 3.63) is 176 Å². The van der Waals surface area contributed by atoms with Gasteiger partial charge in [0.1, 0.15) is 11.2 Å². The van der Waals surface area contributed by atoms with Gasteiger partial charge >= 0.3 is 0 Å². The summed E-state index contributed by atoms with van der Waals surface area (Å²) in [4.78, 5) is 15.4. The van der Waals surface area contributed by atoms with Crippen LogP contribution >= 0.6 is 11.3 Å². The Morgan fingerprint density at radius 1 is 0.328 bits per heavy atom. The number of hydrogen-bond acceptors (Lipinski definition) is 5. The summed E-state index contributed by atoms with van der Waals surface area (Å²) in [6.45, 7) is 0. The lowest BCUT2D eigenvalue weighted by atomic mass is 9.95. The fraction of sp³-hybridized carbons (Fsp3) is 0. The van der Waals surface area contributed by atoms with E-state index in [1.807, 2.05) is 72.0 Å². The molecular formula is C53H29N3OS. The summed E-state index contributed by atoms with van der Waals surface area (Å²) in [5.74, 6) is 1.86. The van der Waals surface area contributed by atoms with E-state index in [1.54, 1.807) is 0 Å². The highest BCUT2D eigenvalue weighted by atomic mass is 32.1. The van der Waals surface area contributed by atoms with Crippen molar-refractivity contribution in [1.29, 1.82) is 0 Å². The standard InChI is InChI=1S/C53H29N3OS/c1-2-12-30(13-3-1)51-54-52(56-53(55-51)42-23-11-25-46-48(42)40-17-6-7-24-45(40)57-46)32-26-27-33-31(28-32)14-8-18-34(33)38-20-10-21-39-44-29-43-36-16-5-4-15-35(36)37-19-9-22-41(47(37)43)50(44)58-49(38)39/h1-29H. The molecule has 9 aromatic carbocycles. The van der Waals surface area contributed by atoms with E-state index in [0.717, 1.165) is 44.0 Å². The first-order chi connectivity index (χ1) is 28.7. The molecule has 268 valence electrons. The molecule has 1 aliphatic carbocycles. The summed E-state index contributed by atoms with van der Waals surface area (Å²) in [5.41, 5.74) is 12.2. The topological polar surface area (TPSA) is 51.8 Å². The highest BCUT2D eigenvalue weighted by Crippen LogP contribution is 2.53. The van der Waals surface area contributed by atoms with Crippen molar-refractivity contribution in [1.82, 2.24) is 15.0 Å². The smallest absolute Gasteiger partial charge is 0.164 e. The van der Waals surface area contributed by atoms with Crippen LogP contribution < -0.4 is 0 Å². The summed E-state index contributed by atoms with van der Waals surface area (Å²) in [6.07, 6.45) is 0. The van der Waals surface area contributed by atoms with Crippen LogP contribution in [-0.4, -0.2) is 15.0 Å². The van der Waals surface area contributed by atoms with Crippen molar-refractivity contribution < 1.29 is 4.42 Å². The second-order valence-electron chi connectivity index (χ2n) is 15.0. The monoisotopic (exact) mass is 755 g/mol. The number of benzene rings is 9. The Morgan fingerprint density at radius 3 is 1.86 bits per heavy atom. The third-order valence-corrected chi connectivity index (χ3v) is 13.2. The summed E-state index contributed by atoms with van der Waals surface area (Å²) < 4.78 is 8.91. The first kappa shape index (κ1) is 31.7. The predicted molar refractivity (Wildman–Crippen MR) is 241 cm³/mol. The number of furan rings is 1. The minimum Gasteiger partial charge on any atom is -0.456 e. The maximum atomic E-state index is 6.26. The van der Waals surface area contributed by atoms with E-state index in [1.165, 1.54) is 69.7 Å². The molecule has 0 bridgehead atoms. The number of fused-ring (bicyclic) bond motifs is 11. The van der Waals surface area contributed by atoms with Gasteiger partial charge in [0.25, 0.3) is 0 Å². The van der Waals surface area contributed by atoms with Gasteiger partial charge in [0.15, 0.2) is 17.5 Å². The molecule has 0 aliphatic heterocycles. The second-order valence-corrected chi connectivity index (χ2v) is 16.1. The van der Waals surface area contributed by atoms with Crippen molar-refractivity contribution in [3.8, 4) is 67.5 Å². The van der Waals surface area contributed by atoms with Crippen LogP contribution in [-0.2, 0) is 0 Å². The second kappa shape index (κ2) is 12.0. The van der Waals surface area contributed by atoms with Gasteiger partial charge in [-0.15, -0.1) is 11.3 Å². The van der Waals surface area contributed by atoms with Crippen molar-refractivity contribution in [2.45, 2.75) is 0 Å². The molecule has 0 N–H and O–H groups in total. The van der Waals surface area contributed by atoms with Crippen molar-refractivity contribution >= 4 is 75.0 Å². The molecule has 0 radical (unpaired) electrons. The Labute approximate surface area is 336 Å². The van der Waals surface area contributed by atoms with Gasteiger partial charge in [-0.05, 0) is 68.2 Å². The summed E-state index contributed by atoms with van der Waals surface area (Å²) >= 11 is 1.91. The molecular weight excluding hydrogens is 727 g/mol. The van der Waals surface area contributed by atoms with Crippen molar-refractivity contribution in [2.75, 3.05) is 0 Å². The number of nitrogens with zero attached hydrogens (tertiary/aromatic N) is 3. The summed E-state index contributed by atoms with van der Waals surface area (Å²) in [7, 11) is 0. The zero-order valence-electron chi connectivity index (χ0n) is 30.9. The van der Waals surface area contributed by atoms with E-state index in [2.05, 4.69) is 115 Å². The molecule has 5 heteroatoms. The van der Waals surface area contributed by atoms with Gasteiger partial charge < -0.3 is 4.42 Å². The fourth-order valence-corrected chi connectivity index (χ4v) is 10.6. The van der Waals surface area contributed by atoms with Crippen LogP contribution in [0.2, 0.25) is 0 Å². The molecule has 13 rings (SSSR count). The van der Waals surface area contributed by atoms with E-state index in [9.17, 15) is 0 Å².